The number of ether oxygens (including phenoxy) is 3. The zero-order chi connectivity index (χ0) is 22.1. The van der Waals surface area contributed by atoms with Crippen LogP contribution in [0.2, 0.25) is 0 Å². The molecule has 3 aromatic rings. The summed E-state index contributed by atoms with van der Waals surface area (Å²) in [6.45, 7) is 2.65. The highest BCUT2D eigenvalue weighted by atomic mass is 16.5. The Hall–Kier alpha value is -3.67. The quantitative estimate of drug-likeness (QED) is 0.488. The molecule has 0 aromatic heterocycles. The number of hydrogen-bond donors (Lipinski definition) is 2. The van der Waals surface area contributed by atoms with Gasteiger partial charge >= 0.3 is 0 Å². The molecule has 0 radical (unpaired) electrons. The van der Waals surface area contributed by atoms with E-state index in [2.05, 4.69) is 41.8 Å². The Morgan fingerprint density at radius 3 is 2.26 bits per heavy atom. The lowest BCUT2D eigenvalue weighted by Crippen LogP contribution is -2.20. The second-order valence-electron chi connectivity index (χ2n) is 6.93. The molecule has 0 aliphatic carbocycles. The van der Waals surface area contributed by atoms with E-state index in [1.54, 1.807) is 26.4 Å². The number of aryl methyl sites for hydroxylation is 1. The summed E-state index contributed by atoms with van der Waals surface area (Å²) in [4.78, 5) is 12.3. The van der Waals surface area contributed by atoms with Gasteiger partial charge in [-0.1, -0.05) is 37.3 Å². The molecule has 0 heterocycles. The molecule has 0 saturated carbocycles. The van der Waals surface area contributed by atoms with Crippen LogP contribution in [0.15, 0.2) is 66.7 Å². The Balaban J connectivity index is 1.57. The first-order valence-electron chi connectivity index (χ1n) is 10.2. The fourth-order valence-corrected chi connectivity index (χ4v) is 3.08. The van der Waals surface area contributed by atoms with Crippen LogP contribution in [0.5, 0.6) is 17.2 Å². The van der Waals surface area contributed by atoms with Crippen molar-refractivity contribution < 1.29 is 19.0 Å². The van der Waals surface area contributed by atoms with Crippen LogP contribution in [-0.4, -0.2) is 26.7 Å². The van der Waals surface area contributed by atoms with Gasteiger partial charge in [-0.05, 0) is 53.9 Å². The predicted molar refractivity (Wildman–Crippen MR) is 123 cm³/mol. The molecule has 0 unspecified atom stereocenters. The summed E-state index contributed by atoms with van der Waals surface area (Å²) in [6.07, 6.45) is 1.02. The molecule has 3 rings (SSSR count). The van der Waals surface area contributed by atoms with E-state index in [-0.39, 0.29) is 12.5 Å². The molecule has 6 heteroatoms. The van der Waals surface area contributed by atoms with Gasteiger partial charge in [0.05, 0.1) is 19.9 Å². The van der Waals surface area contributed by atoms with Crippen LogP contribution in [0.1, 0.15) is 18.1 Å². The lowest BCUT2D eigenvalue weighted by atomic mass is 10.1. The second-order valence-corrected chi connectivity index (χ2v) is 6.93. The average molecular weight is 421 g/mol. The highest BCUT2D eigenvalue weighted by Gasteiger charge is 2.11. The third kappa shape index (κ3) is 6.15. The maximum Gasteiger partial charge on any atom is 0.262 e. The number of hydrogen-bond acceptors (Lipinski definition) is 5. The van der Waals surface area contributed by atoms with Gasteiger partial charge in [0.25, 0.3) is 5.91 Å². The van der Waals surface area contributed by atoms with Crippen LogP contribution in [0, 0.1) is 0 Å². The van der Waals surface area contributed by atoms with Crippen LogP contribution in [-0.2, 0) is 17.8 Å². The highest BCUT2D eigenvalue weighted by Crippen LogP contribution is 2.29. The fraction of sp³-hybridized carbons (Fsp3) is 0.240. The minimum atomic E-state index is -0.284. The molecule has 0 atom stereocenters. The number of para-hydroxylation sites is 2. The molecule has 0 fully saturated rings. The molecule has 0 aliphatic heterocycles. The summed E-state index contributed by atoms with van der Waals surface area (Å²) < 4.78 is 16.4. The van der Waals surface area contributed by atoms with E-state index in [1.165, 1.54) is 5.56 Å². The summed E-state index contributed by atoms with van der Waals surface area (Å²) in [6, 6.07) is 21.3. The van der Waals surface area contributed by atoms with Crippen LogP contribution in [0.3, 0.4) is 0 Å². The molecule has 162 valence electrons. The fourth-order valence-electron chi connectivity index (χ4n) is 3.08. The largest absolute Gasteiger partial charge is 0.495 e. The van der Waals surface area contributed by atoms with Crippen LogP contribution in [0.4, 0.5) is 11.4 Å². The van der Waals surface area contributed by atoms with Gasteiger partial charge in [0.15, 0.2) is 18.1 Å². The number of anilines is 2. The number of amides is 1. The highest BCUT2D eigenvalue weighted by molar-refractivity contribution is 5.93. The molecule has 0 saturated heterocycles. The van der Waals surface area contributed by atoms with Gasteiger partial charge in [-0.15, -0.1) is 0 Å². The van der Waals surface area contributed by atoms with E-state index in [1.807, 2.05) is 30.3 Å². The second kappa shape index (κ2) is 10.9. The number of carbonyl (C=O) groups excluding carboxylic acids is 1. The molecule has 6 nitrogen and oxygen atoms in total. The molecule has 0 spiro atoms. The Labute approximate surface area is 183 Å². The maximum absolute atomic E-state index is 12.3. The first kappa shape index (κ1) is 22.0. The summed E-state index contributed by atoms with van der Waals surface area (Å²) in [5, 5.41) is 6.19. The van der Waals surface area contributed by atoms with Crippen molar-refractivity contribution in [3.8, 4) is 17.2 Å². The van der Waals surface area contributed by atoms with E-state index >= 15 is 0 Å². The van der Waals surface area contributed by atoms with Crippen LogP contribution < -0.4 is 24.8 Å². The minimum absolute atomic E-state index is 0.143. The Kier molecular flexibility index (Phi) is 7.76. The normalized spacial score (nSPS) is 10.3. The van der Waals surface area contributed by atoms with Crippen LogP contribution in [0.25, 0.3) is 0 Å². The molecule has 31 heavy (non-hydrogen) atoms. The van der Waals surface area contributed by atoms with Gasteiger partial charge < -0.3 is 24.8 Å². The Morgan fingerprint density at radius 2 is 1.55 bits per heavy atom. The Bertz CT molecular complexity index is 1000. The summed E-state index contributed by atoms with van der Waals surface area (Å²) in [5.74, 6) is 1.39. The van der Waals surface area contributed by atoms with E-state index in [0.29, 0.717) is 29.5 Å². The molecule has 0 bridgehead atoms. The first-order valence-corrected chi connectivity index (χ1v) is 10.2. The van der Waals surface area contributed by atoms with Crippen molar-refractivity contribution in [2.75, 3.05) is 31.5 Å². The lowest BCUT2D eigenvalue weighted by molar-refractivity contribution is -0.118. The monoisotopic (exact) mass is 420 g/mol. The van der Waals surface area contributed by atoms with Gasteiger partial charge in [-0.25, -0.2) is 0 Å². The lowest BCUT2D eigenvalue weighted by Gasteiger charge is -2.14. The van der Waals surface area contributed by atoms with Crippen molar-refractivity contribution in [1.29, 1.82) is 0 Å². The molecule has 1 amide bonds. The van der Waals surface area contributed by atoms with Gasteiger partial charge in [0, 0.05) is 12.2 Å². The predicted octanol–water partition coefficient (Wildman–Crippen LogP) is 4.90. The summed E-state index contributed by atoms with van der Waals surface area (Å²) in [5.41, 5.74) is 4.01. The third-order valence-electron chi connectivity index (χ3n) is 4.83. The number of methoxy groups -OCH3 is 2. The van der Waals surface area contributed by atoms with Gasteiger partial charge in [-0.3, -0.25) is 4.79 Å². The molecular weight excluding hydrogens is 392 g/mol. The summed E-state index contributed by atoms with van der Waals surface area (Å²) >= 11 is 0. The zero-order valence-electron chi connectivity index (χ0n) is 18.1. The van der Waals surface area contributed by atoms with Crippen molar-refractivity contribution in [3.63, 3.8) is 0 Å². The number of rotatable bonds is 10. The van der Waals surface area contributed by atoms with Crippen molar-refractivity contribution in [3.05, 3.63) is 77.9 Å². The van der Waals surface area contributed by atoms with Crippen molar-refractivity contribution >= 4 is 17.3 Å². The number of carbonyl (C=O) groups is 1. The standard InChI is InChI=1S/C25H28N2O4/c1-4-18-9-12-20(13-10-18)26-16-19-11-14-23(24(15-19)30-3)31-17-25(28)27-21-7-5-6-8-22(21)29-2/h5-15,26H,4,16-17H2,1-3H3,(H,27,28). The smallest absolute Gasteiger partial charge is 0.262 e. The van der Waals surface area contributed by atoms with Gasteiger partial charge in [0.2, 0.25) is 0 Å². The van der Waals surface area contributed by atoms with E-state index < -0.39 is 0 Å². The molecule has 3 aromatic carbocycles. The van der Waals surface area contributed by atoms with E-state index in [4.69, 9.17) is 14.2 Å². The maximum atomic E-state index is 12.3. The SMILES string of the molecule is CCc1ccc(NCc2ccc(OCC(=O)Nc3ccccc3OC)c(OC)c2)cc1. The molecular formula is C25H28N2O4. The van der Waals surface area contributed by atoms with E-state index in [0.717, 1.165) is 17.7 Å². The van der Waals surface area contributed by atoms with Gasteiger partial charge in [0.1, 0.15) is 5.75 Å². The first-order chi connectivity index (χ1) is 15.1. The molecule has 0 aliphatic rings. The number of nitrogens with one attached hydrogen (secondary N) is 2. The van der Waals surface area contributed by atoms with E-state index in [9.17, 15) is 4.79 Å². The summed E-state index contributed by atoms with van der Waals surface area (Å²) in [7, 11) is 3.14. The average Bonchev–Trinajstić information content (AvgIpc) is 2.82. The van der Waals surface area contributed by atoms with Crippen LogP contribution >= 0.6 is 0 Å². The third-order valence-corrected chi connectivity index (χ3v) is 4.83. The van der Waals surface area contributed by atoms with Crippen molar-refractivity contribution in [1.82, 2.24) is 0 Å². The minimum Gasteiger partial charge on any atom is -0.495 e. The topological polar surface area (TPSA) is 68.8 Å². The Morgan fingerprint density at radius 1 is 0.839 bits per heavy atom. The van der Waals surface area contributed by atoms with Crippen molar-refractivity contribution in [2.45, 2.75) is 19.9 Å². The zero-order valence-corrected chi connectivity index (χ0v) is 18.1. The number of benzene rings is 3. The van der Waals surface area contributed by atoms with Gasteiger partial charge in [-0.2, -0.15) is 0 Å². The van der Waals surface area contributed by atoms with Crippen molar-refractivity contribution in [2.24, 2.45) is 0 Å². The molecule has 2 N–H and O–H groups in total.